The second kappa shape index (κ2) is 10.7. The van der Waals surface area contributed by atoms with Crippen LogP contribution in [0.25, 0.3) is 0 Å². The summed E-state index contributed by atoms with van der Waals surface area (Å²) < 4.78 is 4.88. The predicted molar refractivity (Wildman–Crippen MR) is 95.1 cm³/mol. The van der Waals surface area contributed by atoms with E-state index >= 15 is 0 Å². The van der Waals surface area contributed by atoms with Crippen LogP contribution >= 0.6 is 0 Å². The third kappa shape index (κ3) is 6.72. The van der Waals surface area contributed by atoms with Gasteiger partial charge in [-0.15, -0.1) is 0 Å². The Morgan fingerprint density at radius 2 is 1.52 bits per heavy atom. The number of carboxylic acid groups (broad SMARTS) is 1. The summed E-state index contributed by atoms with van der Waals surface area (Å²) in [5.41, 5.74) is 1.77. The normalized spacial score (nSPS) is 10.7. The van der Waals surface area contributed by atoms with E-state index in [0.717, 1.165) is 38.5 Å². The summed E-state index contributed by atoms with van der Waals surface area (Å²) in [6.45, 7) is 5.64. The summed E-state index contributed by atoms with van der Waals surface area (Å²) in [6.07, 6.45) is 6.57. The number of aromatic nitrogens is 1. The molecular formula is C19H29NO5. The number of unbranched alkanes of at least 4 members (excludes halogenated alkanes) is 5. The summed E-state index contributed by atoms with van der Waals surface area (Å²) >= 11 is 0. The van der Waals surface area contributed by atoms with Crippen molar-refractivity contribution < 1.29 is 24.2 Å². The number of ketones is 1. The number of carbonyl (C=O) groups is 3. The molecule has 0 bridgehead atoms. The van der Waals surface area contributed by atoms with Gasteiger partial charge in [0.2, 0.25) is 0 Å². The van der Waals surface area contributed by atoms with E-state index in [9.17, 15) is 14.4 Å². The Bertz CT molecular complexity index is 603. The van der Waals surface area contributed by atoms with Gasteiger partial charge in [0.15, 0.2) is 5.78 Å². The largest absolute Gasteiger partial charge is 0.477 e. The SMILES string of the molecule is CCOC(=O)CCCCCCCCC(=O)c1c(C)[nH]c(C(=O)O)c1C. The summed E-state index contributed by atoms with van der Waals surface area (Å²) in [5.74, 6) is -1.17. The number of aryl methyl sites for hydroxylation is 1. The first-order valence-corrected chi connectivity index (χ1v) is 8.99. The monoisotopic (exact) mass is 351 g/mol. The number of hydrogen-bond acceptors (Lipinski definition) is 4. The molecule has 2 N–H and O–H groups in total. The third-order valence-corrected chi connectivity index (χ3v) is 4.27. The quantitative estimate of drug-likeness (QED) is 0.334. The molecule has 0 fully saturated rings. The van der Waals surface area contributed by atoms with Crippen LogP contribution in [0.4, 0.5) is 0 Å². The molecule has 25 heavy (non-hydrogen) atoms. The van der Waals surface area contributed by atoms with Crippen LogP contribution in [0.15, 0.2) is 0 Å². The van der Waals surface area contributed by atoms with E-state index in [1.54, 1.807) is 20.8 Å². The molecule has 0 spiro atoms. The zero-order valence-corrected chi connectivity index (χ0v) is 15.4. The number of aromatic amines is 1. The van der Waals surface area contributed by atoms with E-state index in [2.05, 4.69) is 4.98 Å². The lowest BCUT2D eigenvalue weighted by molar-refractivity contribution is -0.143. The minimum atomic E-state index is -1.04. The van der Waals surface area contributed by atoms with Gasteiger partial charge in [0, 0.05) is 24.1 Å². The molecule has 140 valence electrons. The lowest BCUT2D eigenvalue weighted by Gasteiger charge is -2.04. The molecule has 6 nitrogen and oxygen atoms in total. The molecule has 0 aliphatic rings. The minimum absolute atomic E-state index is 0.000982. The maximum absolute atomic E-state index is 12.3. The van der Waals surface area contributed by atoms with Crippen molar-refractivity contribution in [3.05, 3.63) is 22.5 Å². The number of hydrogen-bond donors (Lipinski definition) is 2. The van der Waals surface area contributed by atoms with Crippen molar-refractivity contribution in [3.8, 4) is 0 Å². The Balaban J connectivity index is 2.24. The average Bonchev–Trinajstić information content (AvgIpc) is 2.85. The van der Waals surface area contributed by atoms with Crippen molar-refractivity contribution in [2.75, 3.05) is 6.61 Å². The van der Waals surface area contributed by atoms with Crippen LogP contribution < -0.4 is 0 Å². The molecule has 1 aromatic heterocycles. The fourth-order valence-electron chi connectivity index (χ4n) is 3.00. The first-order valence-electron chi connectivity index (χ1n) is 8.99. The lowest BCUT2D eigenvalue weighted by atomic mass is 10.00. The van der Waals surface area contributed by atoms with Crippen LogP contribution in [-0.2, 0) is 9.53 Å². The smallest absolute Gasteiger partial charge is 0.352 e. The number of ether oxygens (including phenoxy) is 1. The topological polar surface area (TPSA) is 96.5 Å². The number of esters is 1. The van der Waals surface area contributed by atoms with E-state index < -0.39 is 5.97 Å². The fraction of sp³-hybridized carbons (Fsp3) is 0.632. The molecule has 6 heteroatoms. The minimum Gasteiger partial charge on any atom is -0.477 e. The maximum atomic E-state index is 12.3. The number of Topliss-reactive ketones (excluding diaryl/α,β-unsaturated/α-hetero) is 1. The highest BCUT2D eigenvalue weighted by Crippen LogP contribution is 2.21. The molecule has 0 aliphatic heterocycles. The molecule has 0 saturated carbocycles. The highest BCUT2D eigenvalue weighted by Gasteiger charge is 2.20. The zero-order valence-electron chi connectivity index (χ0n) is 15.4. The number of nitrogens with one attached hydrogen (secondary N) is 1. The van der Waals surface area contributed by atoms with E-state index in [1.165, 1.54) is 0 Å². The van der Waals surface area contributed by atoms with Gasteiger partial charge in [-0.1, -0.05) is 25.7 Å². The third-order valence-electron chi connectivity index (χ3n) is 4.27. The van der Waals surface area contributed by atoms with E-state index in [0.29, 0.717) is 36.3 Å². The molecular weight excluding hydrogens is 322 g/mol. The summed E-state index contributed by atoms with van der Waals surface area (Å²) in [5, 5.41) is 9.09. The zero-order chi connectivity index (χ0) is 18.8. The molecule has 1 heterocycles. The fourth-order valence-corrected chi connectivity index (χ4v) is 3.00. The van der Waals surface area contributed by atoms with Gasteiger partial charge in [-0.25, -0.2) is 4.79 Å². The van der Waals surface area contributed by atoms with Crippen molar-refractivity contribution >= 4 is 17.7 Å². The molecule has 0 radical (unpaired) electrons. The lowest BCUT2D eigenvalue weighted by Crippen LogP contribution is -2.03. The molecule has 0 saturated heterocycles. The van der Waals surface area contributed by atoms with Crippen molar-refractivity contribution in [2.45, 2.75) is 72.1 Å². The molecule has 1 aromatic rings. The van der Waals surface area contributed by atoms with Crippen LogP contribution in [0.2, 0.25) is 0 Å². The molecule has 0 atom stereocenters. The van der Waals surface area contributed by atoms with Crippen molar-refractivity contribution in [3.63, 3.8) is 0 Å². The van der Waals surface area contributed by atoms with E-state index in [1.807, 2.05) is 0 Å². The van der Waals surface area contributed by atoms with Gasteiger partial charge >= 0.3 is 11.9 Å². The van der Waals surface area contributed by atoms with Gasteiger partial charge in [-0.3, -0.25) is 9.59 Å². The van der Waals surface area contributed by atoms with E-state index in [-0.39, 0.29) is 17.4 Å². The number of carbonyl (C=O) groups excluding carboxylic acids is 2. The Hall–Kier alpha value is -2.11. The highest BCUT2D eigenvalue weighted by molar-refractivity contribution is 6.02. The van der Waals surface area contributed by atoms with Gasteiger partial charge in [-0.05, 0) is 39.2 Å². The van der Waals surface area contributed by atoms with Gasteiger partial charge in [0.05, 0.1) is 6.61 Å². The van der Waals surface area contributed by atoms with E-state index in [4.69, 9.17) is 9.84 Å². The number of rotatable bonds is 12. The maximum Gasteiger partial charge on any atom is 0.352 e. The van der Waals surface area contributed by atoms with Crippen molar-refractivity contribution in [1.82, 2.24) is 4.98 Å². The molecule has 1 rings (SSSR count). The van der Waals surface area contributed by atoms with Crippen LogP contribution in [0, 0.1) is 13.8 Å². The Morgan fingerprint density at radius 3 is 2.04 bits per heavy atom. The van der Waals surface area contributed by atoms with Gasteiger partial charge in [0.25, 0.3) is 0 Å². The standard InChI is InChI=1S/C19H29NO5/c1-4-25-16(22)12-10-8-6-5-7-9-11-15(21)17-13(2)18(19(23)24)20-14(17)3/h20H,4-12H2,1-3H3,(H,23,24). The molecule has 0 amide bonds. The predicted octanol–water partition coefficient (Wildman–Crippen LogP) is 4.20. The second-order valence-electron chi connectivity index (χ2n) is 6.28. The van der Waals surface area contributed by atoms with Crippen molar-refractivity contribution in [1.29, 1.82) is 0 Å². The first-order chi connectivity index (χ1) is 11.9. The number of carboxylic acids is 1. The summed E-state index contributed by atoms with van der Waals surface area (Å²) in [4.78, 5) is 37.4. The Labute approximate surface area is 149 Å². The molecule has 0 aliphatic carbocycles. The van der Waals surface area contributed by atoms with Crippen LogP contribution in [-0.4, -0.2) is 34.4 Å². The summed E-state index contributed by atoms with van der Waals surface area (Å²) in [6, 6.07) is 0. The van der Waals surface area contributed by atoms with Crippen LogP contribution in [0.5, 0.6) is 0 Å². The Kier molecular flexibility index (Phi) is 8.95. The van der Waals surface area contributed by atoms with Crippen LogP contribution in [0.1, 0.15) is 90.4 Å². The van der Waals surface area contributed by atoms with Gasteiger partial charge in [-0.2, -0.15) is 0 Å². The number of H-pyrrole nitrogens is 1. The molecule has 0 aromatic carbocycles. The first kappa shape index (κ1) is 20.9. The van der Waals surface area contributed by atoms with Gasteiger partial charge < -0.3 is 14.8 Å². The highest BCUT2D eigenvalue weighted by atomic mass is 16.5. The van der Waals surface area contributed by atoms with Gasteiger partial charge in [0.1, 0.15) is 5.69 Å². The average molecular weight is 351 g/mol. The Morgan fingerprint density at radius 1 is 0.960 bits per heavy atom. The second-order valence-corrected chi connectivity index (χ2v) is 6.28. The summed E-state index contributed by atoms with van der Waals surface area (Å²) in [7, 11) is 0. The van der Waals surface area contributed by atoms with Crippen LogP contribution in [0.3, 0.4) is 0 Å². The molecule has 0 unspecified atom stereocenters. The number of aromatic carboxylic acids is 1. The van der Waals surface area contributed by atoms with Crippen molar-refractivity contribution in [2.24, 2.45) is 0 Å².